The number of likely N-dealkylation sites (tertiary alicyclic amines) is 1. The Morgan fingerprint density at radius 3 is 2.48 bits per heavy atom. The van der Waals surface area contributed by atoms with Gasteiger partial charge in [-0.1, -0.05) is 0 Å². The van der Waals surface area contributed by atoms with Gasteiger partial charge < -0.3 is 10.6 Å². The van der Waals surface area contributed by atoms with Crippen LogP contribution in [0, 0.1) is 0 Å². The Morgan fingerprint density at radius 2 is 2.00 bits per heavy atom. The van der Waals surface area contributed by atoms with E-state index >= 15 is 0 Å². The van der Waals surface area contributed by atoms with Crippen LogP contribution in [0.5, 0.6) is 0 Å². The summed E-state index contributed by atoms with van der Waals surface area (Å²) in [6.07, 6.45) is -1.28. The number of amides is 1. The van der Waals surface area contributed by atoms with Crippen LogP contribution in [0.1, 0.15) is 32.8 Å². The molecule has 118 valence electrons. The predicted octanol–water partition coefficient (Wildman–Crippen LogP) is 1.59. The van der Waals surface area contributed by atoms with E-state index < -0.39 is 17.6 Å². The van der Waals surface area contributed by atoms with E-state index in [0.29, 0.717) is 5.56 Å². The van der Waals surface area contributed by atoms with E-state index in [-0.39, 0.29) is 25.0 Å². The average Bonchev–Trinajstić information content (AvgIpc) is 2.93. The third-order valence-corrected chi connectivity index (χ3v) is 3.68. The van der Waals surface area contributed by atoms with Crippen LogP contribution >= 0.6 is 0 Å². The van der Waals surface area contributed by atoms with E-state index in [1.165, 1.54) is 0 Å². The van der Waals surface area contributed by atoms with Crippen molar-refractivity contribution in [2.75, 3.05) is 13.1 Å². The lowest BCUT2D eigenvalue weighted by molar-refractivity contribution is -0.184. The molecule has 1 unspecified atom stereocenters. The van der Waals surface area contributed by atoms with Gasteiger partial charge in [0, 0.05) is 24.8 Å². The summed E-state index contributed by atoms with van der Waals surface area (Å²) in [6, 6.07) is 0. The first-order chi connectivity index (χ1) is 9.43. The van der Waals surface area contributed by atoms with Crippen LogP contribution in [0.4, 0.5) is 13.2 Å². The highest BCUT2D eigenvalue weighted by atomic mass is 19.4. The van der Waals surface area contributed by atoms with Crippen LogP contribution in [0.15, 0.2) is 12.4 Å². The van der Waals surface area contributed by atoms with Gasteiger partial charge in [-0.15, -0.1) is 0 Å². The standard InChI is InChI=1S/C13H19F3N4O/c1-11(2,3)20-7-9(6-18-20)12(17)4-5-19(8-12)10(21)13(14,15)16/h6-7H,4-5,8,17H2,1-3H3. The molecule has 1 atom stereocenters. The fourth-order valence-corrected chi connectivity index (χ4v) is 2.37. The molecule has 0 saturated carbocycles. The predicted molar refractivity (Wildman–Crippen MR) is 70.3 cm³/mol. The van der Waals surface area contributed by atoms with Crippen molar-refractivity contribution in [3.63, 3.8) is 0 Å². The normalized spacial score (nSPS) is 23.7. The average molecular weight is 304 g/mol. The molecule has 2 rings (SSSR count). The number of hydrogen-bond donors (Lipinski definition) is 1. The van der Waals surface area contributed by atoms with Crippen molar-refractivity contribution in [3.05, 3.63) is 18.0 Å². The van der Waals surface area contributed by atoms with E-state index in [2.05, 4.69) is 5.10 Å². The number of carbonyl (C=O) groups excluding carboxylic acids is 1. The van der Waals surface area contributed by atoms with Gasteiger partial charge >= 0.3 is 12.1 Å². The van der Waals surface area contributed by atoms with Gasteiger partial charge in [0.15, 0.2) is 0 Å². The van der Waals surface area contributed by atoms with Crippen LogP contribution in [0.25, 0.3) is 0 Å². The minimum absolute atomic E-state index is 0.00442. The van der Waals surface area contributed by atoms with E-state index in [1.54, 1.807) is 17.1 Å². The molecule has 1 aromatic rings. The van der Waals surface area contributed by atoms with Crippen LogP contribution < -0.4 is 5.73 Å². The molecule has 0 radical (unpaired) electrons. The van der Waals surface area contributed by atoms with Crippen LogP contribution in [-0.4, -0.2) is 39.9 Å². The third-order valence-electron chi connectivity index (χ3n) is 3.68. The number of alkyl halides is 3. The fourth-order valence-electron chi connectivity index (χ4n) is 2.37. The number of halogens is 3. The Balaban J connectivity index is 2.18. The molecule has 1 saturated heterocycles. The maximum absolute atomic E-state index is 12.5. The summed E-state index contributed by atoms with van der Waals surface area (Å²) in [5.74, 6) is -1.84. The Labute approximate surface area is 120 Å². The topological polar surface area (TPSA) is 64.2 Å². The molecule has 1 aromatic heterocycles. The summed E-state index contributed by atoms with van der Waals surface area (Å²) in [5, 5.41) is 4.21. The molecule has 5 nitrogen and oxygen atoms in total. The Kier molecular flexibility index (Phi) is 3.56. The lowest BCUT2D eigenvalue weighted by Crippen LogP contribution is -2.44. The van der Waals surface area contributed by atoms with E-state index in [9.17, 15) is 18.0 Å². The van der Waals surface area contributed by atoms with Crippen molar-refractivity contribution in [1.29, 1.82) is 0 Å². The first-order valence-electron chi connectivity index (χ1n) is 6.64. The van der Waals surface area contributed by atoms with Crippen molar-refractivity contribution < 1.29 is 18.0 Å². The Bertz CT molecular complexity index is 546. The summed E-state index contributed by atoms with van der Waals surface area (Å²) in [6.45, 7) is 5.72. The molecule has 0 aromatic carbocycles. The van der Waals surface area contributed by atoms with Gasteiger partial charge in [0.1, 0.15) is 0 Å². The zero-order valence-corrected chi connectivity index (χ0v) is 12.2. The Morgan fingerprint density at radius 1 is 1.38 bits per heavy atom. The second-order valence-electron chi connectivity index (χ2n) is 6.48. The molecule has 0 bridgehead atoms. The van der Waals surface area contributed by atoms with Gasteiger partial charge in [-0.25, -0.2) is 0 Å². The number of rotatable bonds is 1. The quantitative estimate of drug-likeness (QED) is 0.857. The minimum Gasteiger partial charge on any atom is -0.333 e. The summed E-state index contributed by atoms with van der Waals surface area (Å²) in [7, 11) is 0. The largest absolute Gasteiger partial charge is 0.471 e. The van der Waals surface area contributed by atoms with E-state index in [1.807, 2.05) is 20.8 Å². The first-order valence-corrected chi connectivity index (χ1v) is 6.64. The highest BCUT2D eigenvalue weighted by Gasteiger charge is 2.48. The lowest BCUT2D eigenvalue weighted by atomic mass is 9.93. The maximum Gasteiger partial charge on any atom is 0.471 e. The molecule has 8 heteroatoms. The molecule has 1 aliphatic heterocycles. The fraction of sp³-hybridized carbons (Fsp3) is 0.692. The minimum atomic E-state index is -4.86. The summed E-state index contributed by atoms with van der Waals surface area (Å²) >= 11 is 0. The second kappa shape index (κ2) is 4.72. The van der Waals surface area contributed by atoms with Crippen molar-refractivity contribution in [3.8, 4) is 0 Å². The number of nitrogens with zero attached hydrogens (tertiary/aromatic N) is 3. The second-order valence-corrected chi connectivity index (χ2v) is 6.48. The summed E-state index contributed by atoms with van der Waals surface area (Å²) in [5.41, 5.74) is 5.62. The number of hydrogen-bond acceptors (Lipinski definition) is 3. The zero-order valence-electron chi connectivity index (χ0n) is 12.2. The lowest BCUT2D eigenvalue weighted by Gasteiger charge is -2.24. The number of nitrogens with two attached hydrogens (primary N) is 1. The highest BCUT2D eigenvalue weighted by Crippen LogP contribution is 2.32. The zero-order chi connectivity index (χ0) is 16.1. The van der Waals surface area contributed by atoms with Crippen LogP contribution in [0.3, 0.4) is 0 Å². The third kappa shape index (κ3) is 3.04. The molecule has 1 fully saturated rings. The van der Waals surface area contributed by atoms with Gasteiger partial charge in [-0.05, 0) is 27.2 Å². The van der Waals surface area contributed by atoms with Gasteiger partial charge in [-0.3, -0.25) is 9.48 Å². The molecule has 0 aliphatic carbocycles. The van der Waals surface area contributed by atoms with Crippen molar-refractivity contribution in [2.24, 2.45) is 5.73 Å². The molecule has 0 spiro atoms. The molecular formula is C13H19F3N4O. The molecular weight excluding hydrogens is 285 g/mol. The van der Waals surface area contributed by atoms with Crippen molar-refractivity contribution >= 4 is 5.91 Å². The van der Waals surface area contributed by atoms with Gasteiger partial charge in [0.2, 0.25) is 0 Å². The summed E-state index contributed by atoms with van der Waals surface area (Å²) in [4.78, 5) is 12.0. The molecule has 1 amide bonds. The van der Waals surface area contributed by atoms with Crippen molar-refractivity contribution in [1.82, 2.24) is 14.7 Å². The maximum atomic E-state index is 12.5. The van der Waals surface area contributed by atoms with E-state index in [0.717, 1.165) is 4.90 Å². The molecule has 1 aliphatic rings. The molecule has 21 heavy (non-hydrogen) atoms. The van der Waals surface area contributed by atoms with Gasteiger partial charge in [0.25, 0.3) is 0 Å². The van der Waals surface area contributed by atoms with Gasteiger partial charge in [0.05, 0.1) is 17.3 Å². The summed E-state index contributed by atoms with van der Waals surface area (Å²) < 4.78 is 39.1. The highest BCUT2D eigenvalue weighted by molar-refractivity contribution is 5.82. The molecule has 2 heterocycles. The first kappa shape index (κ1) is 15.8. The smallest absolute Gasteiger partial charge is 0.333 e. The SMILES string of the molecule is CC(C)(C)n1cc(C2(N)CCN(C(=O)C(F)(F)F)C2)cn1. The van der Waals surface area contributed by atoms with Crippen molar-refractivity contribution in [2.45, 2.75) is 44.4 Å². The van der Waals surface area contributed by atoms with Crippen LogP contribution in [-0.2, 0) is 15.9 Å². The van der Waals surface area contributed by atoms with Crippen LogP contribution in [0.2, 0.25) is 0 Å². The van der Waals surface area contributed by atoms with E-state index in [4.69, 9.17) is 5.73 Å². The monoisotopic (exact) mass is 304 g/mol. The Hall–Kier alpha value is -1.57. The number of aromatic nitrogens is 2. The van der Waals surface area contributed by atoms with Gasteiger partial charge in [-0.2, -0.15) is 18.3 Å². The molecule has 2 N–H and O–H groups in total. The number of carbonyl (C=O) groups is 1.